The molecule has 0 unspecified atom stereocenters. The molecular weight excluding hydrogens is 162 g/mol. The van der Waals surface area contributed by atoms with Crippen LogP contribution in [0, 0.1) is 0 Å². The van der Waals surface area contributed by atoms with Crippen LogP contribution < -0.4 is 5.32 Å². The summed E-state index contributed by atoms with van der Waals surface area (Å²) in [5.41, 5.74) is 0. The Hall–Kier alpha value is -0.650. The Labute approximate surface area is 70.3 Å². The standard InChI is InChI=1S/C7H13NO4/c9-3-5-4-12-6(2-8-5)1-7(10)11/h5-6,8-9H,1-4H2,(H,10,11)/t5-,6+/m1/s1. The van der Waals surface area contributed by atoms with E-state index >= 15 is 0 Å². The molecule has 0 aromatic heterocycles. The zero-order valence-electron chi connectivity index (χ0n) is 6.69. The van der Waals surface area contributed by atoms with Crippen LogP contribution in [0.25, 0.3) is 0 Å². The number of nitrogens with one attached hydrogen (secondary N) is 1. The molecule has 2 atom stereocenters. The summed E-state index contributed by atoms with van der Waals surface area (Å²) in [4.78, 5) is 10.3. The predicted molar refractivity (Wildman–Crippen MR) is 40.9 cm³/mol. The fourth-order valence-corrected chi connectivity index (χ4v) is 1.11. The van der Waals surface area contributed by atoms with Gasteiger partial charge < -0.3 is 20.3 Å². The first-order valence-electron chi connectivity index (χ1n) is 3.90. The van der Waals surface area contributed by atoms with Gasteiger partial charge >= 0.3 is 5.97 Å². The van der Waals surface area contributed by atoms with Gasteiger partial charge in [-0.3, -0.25) is 4.79 Å². The number of hydrogen-bond acceptors (Lipinski definition) is 4. The van der Waals surface area contributed by atoms with Crippen molar-refractivity contribution in [1.82, 2.24) is 5.32 Å². The lowest BCUT2D eigenvalue weighted by atomic mass is 10.2. The summed E-state index contributed by atoms with van der Waals surface area (Å²) in [5.74, 6) is -0.857. The number of morpholine rings is 1. The minimum absolute atomic E-state index is 0.0190. The van der Waals surface area contributed by atoms with Gasteiger partial charge in [-0.15, -0.1) is 0 Å². The summed E-state index contributed by atoms with van der Waals surface area (Å²) >= 11 is 0. The number of hydrogen-bond donors (Lipinski definition) is 3. The fourth-order valence-electron chi connectivity index (χ4n) is 1.11. The second kappa shape index (κ2) is 4.39. The van der Waals surface area contributed by atoms with Gasteiger partial charge in [0.2, 0.25) is 0 Å². The normalized spacial score (nSPS) is 30.1. The number of carboxylic acids is 1. The van der Waals surface area contributed by atoms with Crippen LogP contribution >= 0.6 is 0 Å². The largest absolute Gasteiger partial charge is 0.481 e. The van der Waals surface area contributed by atoms with Crippen molar-refractivity contribution in [2.24, 2.45) is 0 Å². The maximum atomic E-state index is 10.3. The van der Waals surface area contributed by atoms with Gasteiger partial charge in [0.1, 0.15) is 0 Å². The summed E-state index contributed by atoms with van der Waals surface area (Å²) in [5, 5.41) is 20.1. The average Bonchev–Trinajstić information content (AvgIpc) is 2.05. The van der Waals surface area contributed by atoms with Gasteiger partial charge in [0.05, 0.1) is 31.8 Å². The number of ether oxygens (including phenoxy) is 1. The quantitative estimate of drug-likeness (QED) is 0.502. The summed E-state index contributed by atoms with van der Waals surface area (Å²) in [7, 11) is 0. The summed E-state index contributed by atoms with van der Waals surface area (Å²) in [6.07, 6.45) is -0.240. The first-order chi connectivity index (χ1) is 5.72. The van der Waals surface area contributed by atoms with E-state index in [2.05, 4.69) is 5.32 Å². The van der Waals surface area contributed by atoms with Crippen LogP contribution in [0.15, 0.2) is 0 Å². The van der Waals surface area contributed by atoms with Crippen molar-refractivity contribution < 1.29 is 19.7 Å². The smallest absolute Gasteiger partial charge is 0.306 e. The molecule has 3 N–H and O–H groups in total. The van der Waals surface area contributed by atoms with E-state index in [0.29, 0.717) is 13.2 Å². The van der Waals surface area contributed by atoms with Crippen molar-refractivity contribution in [2.75, 3.05) is 19.8 Å². The highest BCUT2D eigenvalue weighted by atomic mass is 16.5. The molecule has 1 rings (SSSR count). The van der Waals surface area contributed by atoms with Crippen LogP contribution in [0.5, 0.6) is 0 Å². The Bertz CT molecular complexity index is 153. The van der Waals surface area contributed by atoms with Gasteiger partial charge in [-0.2, -0.15) is 0 Å². The third-order valence-electron chi connectivity index (χ3n) is 1.79. The number of aliphatic carboxylic acids is 1. The molecule has 0 saturated carbocycles. The molecule has 5 heteroatoms. The van der Waals surface area contributed by atoms with E-state index < -0.39 is 5.97 Å². The number of rotatable bonds is 3. The molecule has 5 nitrogen and oxygen atoms in total. The van der Waals surface area contributed by atoms with Crippen LogP contribution in [0.1, 0.15) is 6.42 Å². The summed E-state index contributed by atoms with van der Waals surface area (Å²) in [6, 6.07) is -0.0463. The van der Waals surface area contributed by atoms with Gasteiger partial charge in [-0.25, -0.2) is 0 Å². The Morgan fingerprint density at radius 1 is 1.67 bits per heavy atom. The molecule has 0 aromatic carbocycles. The Morgan fingerprint density at radius 3 is 2.83 bits per heavy atom. The first-order valence-corrected chi connectivity index (χ1v) is 3.90. The van der Waals surface area contributed by atoms with Crippen LogP contribution in [-0.2, 0) is 9.53 Å². The van der Waals surface area contributed by atoms with E-state index in [-0.39, 0.29) is 25.2 Å². The minimum Gasteiger partial charge on any atom is -0.481 e. The average molecular weight is 175 g/mol. The molecule has 0 aromatic rings. The lowest BCUT2D eigenvalue weighted by Crippen LogP contribution is -2.48. The van der Waals surface area contributed by atoms with Crippen LogP contribution in [0.4, 0.5) is 0 Å². The number of carbonyl (C=O) groups is 1. The van der Waals surface area contributed by atoms with Gasteiger partial charge in [0.15, 0.2) is 0 Å². The van der Waals surface area contributed by atoms with Crippen LogP contribution in [0.3, 0.4) is 0 Å². The second-order valence-corrected chi connectivity index (χ2v) is 2.84. The third-order valence-corrected chi connectivity index (χ3v) is 1.79. The molecular formula is C7H13NO4. The molecule has 12 heavy (non-hydrogen) atoms. The predicted octanol–water partition coefficient (Wildman–Crippen LogP) is -1.19. The molecule has 1 aliphatic heterocycles. The van der Waals surface area contributed by atoms with Crippen molar-refractivity contribution in [3.05, 3.63) is 0 Å². The zero-order chi connectivity index (χ0) is 8.97. The first kappa shape index (κ1) is 9.44. The van der Waals surface area contributed by atoms with E-state index in [0.717, 1.165) is 0 Å². The van der Waals surface area contributed by atoms with Crippen molar-refractivity contribution in [3.8, 4) is 0 Å². The molecule has 0 bridgehead atoms. The number of aliphatic hydroxyl groups excluding tert-OH is 1. The topological polar surface area (TPSA) is 78.8 Å². The maximum Gasteiger partial charge on any atom is 0.306 e. The molecule has 1 fully saturated rings. The van der Waals surface area contributed by atoms with Crippen LogP contribution in [0.2, 0.25) is 0 Å². The highest BCUT2D eigenvalue weighted by molar-refractivity contribution is 5.67. The van der Waals surface area contributed by atoms with Crippen molar-refractivity contribution in [3.63, 3.8) is 0 Å². The lowest BCUT2D eigenvalue weighted by molar-refractivity contribution is -0.141. The molecule has 0 radical (unpaired) electrons. The summed E-state index contributed by atoms with van der Waals surface area (Å²) in [6.45, 7) is 0.908. The van der Waals surface area contributed by atoms with Crippen LogP contribution in [-0.4, -0.2) is 48.1 Å². The van der Waals surface area contributed by atoms with Gasteiger partial charge in [0, 0.05) is 6.54 Å². The van der Waals surface area contributed by atoms with E-state index in [4.69, 9.17) is 14.9 Å². The summed E-state index contributed by atoms with van der Waals surface area (Å²) < 4.78 is 5.19. The number of aliphatic hydroxyl groups is 1. The Kier molecular flexibility index (Phi) is 3.46. The van der Waals surface area contributed by atoms with Crippen molar-refractivity contribution in [2.45, 2.75) is 18.6 Å². The van der Waals surface area contributed by atoms with E-state index in [1.54, 1.807) is 0 Å². The van der Waals surface area contributed by atoms with Crippen molar-refractivity contribution in [1.29, 1.82) is 0 Å². The maximum absolute atomic E-state index is 10.3. The highest BCUT2D eigenvalue weighted by Gasteiger charge is 2.21. The third kappa shape index (κ3) is 2.77. The van der Waals surface area contributed by atoms with E-state index in [1.165, 1.54) is 0 Å². The highest BCUT2D eigenvalue weighted by Crippen LogP contribution is 2.04. The zero-order valence-corrected chi connectivity index (χ0v) is 6.69. The molecule has 1 aliphatic rings. The van der Waals surface area contributed by atoms with E-state index in [9.17, 15) is 4.79 Å². The monoisotopic (exact) mass is 175 g/mol. The minimum atomic E-state index is -0.857. The number of carboxylic acid groups (broad SMARTS) is 1. The van der Waals surface area contributed by atoms with Gasteiger partial charge in [-0.1, -0.05) is 0 Å². The molecule has 1 heterocycles. The molecule has 1 saturated heterocycles. The molecule has 70 valence electrons. The fraction of sp³-hybridized carbons (Fsp3) is 0.857. The Morgan fingerprint density at radius 2 is 2.42 bits per heavy atom. The van der Waals surface area contributed by atoms with Gasteiger partial charge in [-0.05, 0) is 0 Å². The SMILES string of the molecule is O=C(O)C[C@H]1CN[C@H](CO)CO1. The molecule has 0 aliphatic carbocycles. The second-order valence-electron chi connectivity index (χ2n) is 2.84. The van der Waals surface area contributed by atoms with Gasteiger partial charge in [0.25, 0.3) is 0 Å². The lowest BCUT2D eigenvalue weighted by Gasteiger charge is -2.28. The Balaban J connectivity index is 2.21. The molecule has 0 amide bonds. The molecule has 0 spiro atoms. The van der Waals surface area contributed by atoms with Crippen molar-refractivity contribution >= 4 is 5.97 Å². The van der Waals surface area contributed by atoms with E-state index in [1.807, 2.05) is 0 Å².